The molecule has 0 aliphatic heterocycles. The van der Waals surface area contributed by atoms with Crippen LogP contribution in [0.1, 0.15) is 31.3 Å². The van der Waals surface area contributed by atoms with Crippen molar-refractivity contribution in [3.05, 3.63) is 52.9 Å². The highest BCUT2D eigenvalue weighted by Gasteiger charge is 2.09. The fraction of sp³-hybridized carbons (Fsp3) is 0.286. The fourth-order valence-electron chi connectivity index (χ4n) is 2.22. The lowest BCUT2D eigenvalue weighted by molar-refractivity contribution is 0.663. The lowest BCUT2D eigenvalue weighted by atomic mass is 10.2. The summed E-state index contributed by atoms with van der Waals surface area (Å²) in [7, 11) is 0. The van der Waals surface area contributed by atoms with E-state index >= 15 is 0 Å². The van der Waals surface area contributed by atoms with Crippen LogP contribution in [0.2, 0.25) is 0 Å². The molecule has 0 aliphatic rings. The molecule has 0 fully saturated rings. The second kappa shape index (κ2) is 4.81. The van der Waals surface area contributed by atoms with Gasteiger partial charge >= 0.3 is 0 Å². The molecule has 0 unspecified atom stereocenters. The maximum atomic E-state index is 4.62. The summed E-state index contributed by atoms with van der Waals surface area (Å²) in [6.45, 7) is 5.06. The number of nitrogens with zero attached hydrogens (tertiary/aromatic N) is 4. The van der Waals surface area contributed by atoms with Gasteiger partial charge in [-0.25, -0.2) is 9.97 Å². The Balaban J connectivity index is 1.94. The van der Waals surface area contributed by atoms with Crippen molar-refractivity contribution in [3.63, 3.8) is 0 Å². The van der Waals surface area contributed by atoms with Crippen LogP contribution >= 0.6 is 15.9 Å². The molecule has 0 aliphatic carbocycles. The highest BCUT2D eigenvalue weighted by Crippen LogP contribution is 2.16. The number of hydrogen-bond acceptors (Lipinski definition) is 2. The molecule has 0 amide bonds. The van der Waals surface area contributed by atoms with Gasteiger partial charge in [-0.05, 0) is 28.1 Å². The number of hydrogen-bond donors (Lipinski definition) is 0. The zero-order valence-electron chi connectivity index (χ0n) is 10.9. The number of rotatable bonds is 3. The monoisotopic (exact) mass is 318 g/mol. The molecule has 4 nitrogen and oxygen atoms in total. The zero-order chi connectivity index (χ0) is 13.4. The summed E-state index contributed by atoms with van der Waals surface area (Å²) in [6, 6.07) is 4.01. The third-order valence-corrected chi connectivity index (χ3v) is 3.53. The Morgan fingerprint density at radius 2 is 2.11 bits per heavy atom. The van der Waals surface area contributed by atoms with Crippen molar-refractivity contribution < 1.29 is 0 Å². The van der Waals surface area contributed by atoms with Crippen molar-refractivity contribution in [2.24, 2.45) is 0 Å². The minimum atomic E-state index is 0.418. The van der Waals surface area contributed by atoms with E-state index in [4.69, 9.17) is 0 Å². The summed E-state index contributed by atoms with van der Waals surface area (Å²) >= 11 is 3.47. The molecule has 0 N–H and O–H groups in total. The predicted molar refractivity (Wildman–Crippen MR) is 78.3 cm³/mol. The van der Waals surface area contributed by atoms with Gasteiger partial charge in [0, 0.05) is 35.2 Å². The average molecular weight is 319 g/mol. The van der Waals surface area contributed by atoms with Gasteiger partial charge in [0.2, 0.25) is 0 Å². The van der Waals surface area contributed by atoms with E-state index in [-0.39, 0.29) is 0 Å². The van der Waals surface area contributed by atoms with Crippen LogP contribution in [0.4, 0.5) is 0 Å². The van der Waals surface area contributed by atoms with Crippen molar-refractivity contribution in [2.75, 3.05) is 0 Å². The molecule has 98 valence electrons. The Labute approximate surface area is 120 Å². The second-order valence-electron chi connectivity index (χ2n) is 4.91. The number of imidazole rings is 2. The van der Waals surface area contributed by atoms with Crippen LogP contribution < -0.4 is 0 Å². The van der Waals surface area contributed by atoms with Crippen molar-refractivity contribution in [1.82, 2.24) is 18.9 Å². The second-order valence-corrected chi connectivity index (χ2v) is 5.83. The molecule has 0 spiro atoms. The lowest BCUT2D eigenvalue weighted by Gasteiger charge is -2.08. The molecule has 0 aromatic carbocycles. The molecule has 0 bridgehead atoms. The molecule has 3 heterocycles. The zero-order valence-corrected chi connectivity index (χ0v) is 12.5. The first kappa shape index (κ1) is 12.4. The molecular weight excluding hydrogens is 304 g/mol. The van der Waals surface area contributed by atoms with E-state index in [2.05, 4.69) is 50.5 Å². The average Bonchev–Trinajstić information content (AvgIpc) is 2.95. The first-order chi connectivity index (χ1) is 9.13. The van der Waals surface area contributed by atoms with Gasteiger partial charge in [-0.3, -0.25) is 0 Å². The fourth-order valence-corrected chi connectivity index (χ4v) is 2.58. The van der Waals surface area contributed by atoms with Gasteiger partial charge in [0.05, 0.1) is 12.2 Å². The van der Waals surface area contributed by atoms with E-state index in [1.807, 2.05) is 35.1 Å². The molecule has 3 aromatic rings. The van der Waals surface area contributed by atoms with E-state index < -0.39 is 0 Å². The Kier molecular flexibility index (Phi) is 3.14. The summed E-state index contributed by atoms with van der Waals surface area (Å²) in [5.74, 6) is 1.51. The predicted octanol–water partition coefficient (Wildman–Crippen LogP) is 3.47. The van der Waals surface area contributed by atoms with Crippen LogP contribution in [0, 0.1) is 0 Å². The Morgan fingerprint density at radius 1 is 1.26 bits per heavy atom. The maximum absolute atomic E-state index is 4.62. The van der Waals surface area contributed by atoms with Crippen molar-refractivity contribution >= 4 is 21.6 Å². The van der Waals surface area contributed by atoms with E-state index in [1.165, 1.54) is 0 Å². The smallest absolute Gasteiger partial charge is 0.137 e. The first-order valence-electron chi connectivity index (χ1n) is 6.27. The minimum Gasteiger partial charge on any atom is -0.329 e. The molecular formula is C14H15BrN4. The van der Waals surface area contributed by atoms with Crippen LogP contribution in [-0.2, 0) is 6.54 Å². The highest BCUT2D eigenvalue weighted by molar-refractivity contribution is 9.10. The number of fused-ring (bicyclic) bond motifs is 1. The molecule has 5 heteroatoms. The third-order valence-electron chi connectivity index (χ3n) is 3.06. The number of pyridine rings is 1. The lowest BCUT2D eigenvalue weighted by Crippen LogP contribution is -2.05. The third kappa shape index (κ3) is 2.42. The normalized spacial score (nSPS) is 11.6. The SMILES string of the molecule is CC(C)c1nccn1Cc1cn2cc(Br)ccc2n1. The first-order valence-corrected chi connectivity index (χ1v) is 7.07. The van der Waals surface area contributed by atoms with Gasteiger partial charge in [0.25, 0.3) is 0 Å². The van der Waals surface area contributed by atoms with Crippen molar-refractivity contribution in [3.8, 4) is 0 Å². The number of halogens is 1. The highest BCUT2D eigenvalue weighted by atomic mass is 79.9. The molecule has 0 radical (unpaired) electrons. The summed E-state index contributed by atoms with van der Waals surface area (Å²) in [5.41, 5.74) is 2.00. The summed E-state index contributed by atoms with van der Waals surface area (Å²) in [4.78, 5) is 9.02. The Bertz CT molecular complexity index is 711. The Morgan fingerprint density at radius 3 is 2.89 bits per heavy atom. The Hall–Kier alpha value is -1.62. The van der Waals surface area contributed by atoms with E-state index in [0.29, 0.717) is 5.92 Å². The van der Waals surface area contributed by atoms with Crippen LogP contribution in [0.25, 0.3) is 5.65 Å². The van der Waals surface area contributed by atoms with Crippen LogP contribution in [0.3, 0.4) is 0 Å². The summed E-state index contributed by atoms with van der Waals surface area (Å²) in [6.07, 6.45) is 7.93. The summed E-state index contributed by atoms with van der Waals surface area (Å²) < 4.78 is 5.24. The van der Waals surface area contributed by atoms with E-state index in [1.54, 1.807) is 0 Å². The van der Waals surface area contributed by atoms with Crippen LogP contribution in [-0.4, -0.2) is 18.9 Å². The molecule has 3 rings (SSSR count). The standard InChI is InChI=1S/C14H15BrN4/c1-10(2)14-16-5-6-18(14)8-12-9-19-7-11(15)3-4-13(19)17-12/h3-7,9-10H,8H2,1-2H3. The largest absolute Gasteiger partial charge is 0.329 e. The van der Waals surface area contributed by atoms with Crippen LogP contribution in [0.5, 0.6) is 0 Å². The van der Waals surface area contributed by atoms with Crippen molar-refractivity contribution in [2.45, 2.75) is 26.3 Å². The molecule has 19 heavy (non-hydrogen) atoms. The van der Waals surface area contributed by atoms with Gasteiger partial charge in [0.15, 0.2) is 0 Å². The maximum Gasteiger partial charge on any atom is 0.137 e. The van der Waals surface area contributed by atoms with Gasteiger partial charge in [0.1, 0.15) is 11.5 Å². The van der Waals surface area contributed by atoms with Gasteiger partial charge in [-0.15, -0.1) is 0 Å². The van der Waals surface area contributed by atoms with Gasteiger partial charge in [-0.1, -0.05) is 13.8 Å². The van der Waals surface area contributed by atoms with Crippen LogP contribution in [0.15, 0.2) is 41.4 Å². The van der Waals surface area contributed by atoms with E-state index in [0.717, 1.165) is 28.2 Å². The topological polar surface area (TPSA) is 35.1 Å². The quantitative estimate of drug-likeness (QED) is 0.741. The van der Waals surface area contributed by atoms with E-state index in [9.17, 15) is 0 Å². The van der Waals surface area contributed by atoms with Gasteiger partial charge < -0.3 is 8.97 Å². The minimum absolute atomic E-state index is 0.418. The molecule has 0 saturated carbocycles. The number of aromatic nitrogens is 4. The van der Waals surface area contributed by atoms with Gasteiger partial charge in [-0.2, -0.15) is 0 Å². The summed E-state index contributed by atoms with van der Waals surface area (Å²) in [5, 5.41) is 0. The molecule has 0 saturated heterocycles. The molecule has 0 atom stereocenters. The van der Waals surface area contributed by atoms with Crippen molar-refractivity contribution in [1.29, 1.82) is 0 Å². The molecule has 3 aromatic heterocycles.